The molecule has 2 aromatic rings. The summed E-state index contributed by atoms with van der Waals surface area (Å²) in [4.78, 5) is 33.5. The first-order valence-electron chi connectivity index (χ1n) is 7.20. The molecule has 0 heterocycles. The monoisotopic (exact) mass is 348 g/mol. The fourth-order valence-corrected chi connectivity index (χ4v) is 3.12. The predicted molar refractivity (Wildman–Crippen MR) is 88.7 cm³/mol. The summed E-state index contributed by atoms with van der Waals surface area (Å²) in [6.45, 7) is 1.74. The lowest BCUT2D eigenvalue weighted by Crippen LogP contribution is -2.09. The van der Waals surface area contributed by atoms with Gasteiger partial charge in [-0.1, -0.05) is 24.3 Å². The van der Waals surface area contributed by atoms with Crippen LogP contribution < -0.4 is 5.30 Å². The van der Waals surface area contributed by atoms with Crippen molar-refractivity contribution in [2.45, 2.75) is 6.92 Å². The molecule has 24 heavy (non-hydrogen) atoms. The molecule has 0 aliphatic heterocycles. The number of methoxy groups -OCH3 is 1. The minimum atomic E-state index is -3.85. The molecule has 0 saturated carbocycles. The number of ketones is 1. The predicted octanol–water partition coefficient (Wildman–Crippen LogP) is 2.55. The Bertz CT molecular complexity index is 780. The Balaban J connectivity index is 2.21. The Morgan fingerprint density at radius 3 is 1.88 bits per heavy atom. The highest BCUT2D eigenvalue weighted by molar-refractivity contribution is 7.61. The molecule has 2 rings (SSSR count). The first-order valence-corrected chi connectivity index (χ1v) is 8.78. The summed E-state index contributed by atoms with van der Waals surface area (Å²) in [5, 5.41) is 0.127. The number of ether oxygens (including phenoxy) is 1. The van der Waals surface area contributed by atoms with Gasteiger partial charge in [0.25, 0.3) is 0 Å². The standard InChI is InChI=1S/C17H17O6P/c1-3-23-24(20,21)15-10-8-13(9-11-15)16(18)12-4-6-14(7-5-12)17(19)22-2/h4-11H,3H2,1-2H3,(H,20,21). The molecule has 0 amide bonds. The zero-order valence-electron chi connectivity index (χ0n) is 13.3. The van der Waals surface area contributed by atoms with Crippen molar-refractivity contribution in [2.24, 2.45) is 0 Å². The SMILES string of the molecule is CCOP(=O)(O)c1ccc(C(=O)c2ccc(C(=O)OC)cc2)cc1. The minimum Gasteiger partial charge on any atom is -0.465 e. The van der Waals surface area contributed by atoms with Gasteiger partial charge in [0, 0.05) is 11.1 Å². The van der Waals surface area contributed by atoms with Crippen LogP contribution in [0, 0.1) is 0 Å². The lowest BCUT2D eigenvalue weighted by atomic mass is 10.0. The number of hydrogen-bond acceptors (Lipinski definition) is 5. The summed E-state index contributed by atoms with van der Waals surface area (Å²) >= 11 is 0. The van der Waals surface area contributed by atoms with Crippen LogP contribution in [0.25, 0.3) is 0 Å². The lowest BCUT2D eigenvalue weighted by molar-refractivity contribution is 0.0600. The summed E-state index contributed by atoms with van der Waals surface area (Å²) in [5.41, 5.74) is 1.11. The largest absolute Gasteiger partial charge is 0.465 e. The Labute approximate surface area is 139 Å². The van der Waals surface area contributed by atoms with Crippen LogP contribution in [0.3, 0.4) is 0 Å². The summed E-state index contributed by atoms with van der Waals surface area (Å²) in [6.07, 6.45) is 0. The fourth-order valence-electron chi connectivity index (χ4n) is 2.09. The van der Waals surface area contributed by atoms with Gasteiger partial charge < -0.3 is 14.2 Å². The van der Waals surface area contributed by atoms with Gasteiger partial charge in [0.15, 0.2) is 5.78 Å². The molecule has 0 aromatic heterocycles. The number of hydrogen-bond donors (Lipinski definition) is 1. The zero-order valence-corrected chi connectivity index (χ0v) is 14.2. The number of rotatable bonds is 6. The van der Waals surface area contributed by atoms with Crippen molar-refractivity contribution in [3.05, 3.63) is 65.2 Å². The third-order valence-corrected chi connectivity index (χ3v) is 4.89. The normalized spacial score (nSPS) is 13.1. The smallest absolute Gasteiger partial charge is 0.358 e. The Kier molecular flexibility index (Phi) is 5.67. The van der Waals surface area contributed by atoms with Crippen LogP contribution in [0.5, 0.6) is 0 Å². The van der Waals surface area contributed by atoms with Crippen LogP contribution in [0.15, 0.2) is 48.5 Å². The van der Waals surface area contributed by atoms with E-state index < -0.39 is 13.6 Å². The van der Waals surface area contributed by atoms with Crippen LogP contribution in [0.1, 0.15) is 33.2 Å². The van der Waals surface area contributed by atoms with E-state index in [1.54, 1.807) is 6.92 Å². The maximum atomic E-state index is 12.4. The van der Waals surface area contributed by atoms with E-state index >= 15 is 0 Å². The van der Waals surface area contributed by atoms with E-state index in [1.165, 1.54) is 55.6 Å². The van der Waals surface area contributed by atoms with E-state index in [9.17, 15) is 19.0 Å². The molecule has 1 N–H and O–H groups in total. The average Bonchev–Trinajstić information content (AvgIpc) is 2.60. The number of benzene rings is 2. The van der Waals surface area contributed by atoms with Crippen molar-refractivity contribution in [1.82, 2.24) is 0 Å². The molecule has 0 aliphatic carbocycles. The fraction of sp³-hybridized carbons (Fsp3) is 0.176. The van der Waals surface area contributed by atoms with Crippen LogP contribution in [-0.2, 0) is 13.8 Å². The second-order valence-corrected chi connectivity index (χ2v) is 6.70. The first kappa shape index (κ1) is 18.1. The maximum Gasteiger partial charge on any atom is 0.358 e. The summed E-state index contributed by atoms with van der Waals surface area (Å²) in [7, 11) is -2.57. The van der Waals surface area contributed by atoms with Crippen LogP contribution >= 0.6 is 7.60 Å². The van der Waals surface area contributed by atoms with Crippen LogP contribution in [-0.4, -0.2) is 30.4 Å². The van der Waals surface area contributed by atoms with E-state index in [0.29, 0.717) is 16.7 Å². The summed E-state index contributed by atoms with van der Waals surface area (Å²) < 4.78 is 21.3. The average molecular weight is 348 g/mol. The molecule has 0 aliphatic rings. The quantitative estimate of drug-likeness (QED) is 0.490. The number of carbonyl (C=O) groups is 2. The molecule has 2 aromatic carbocycles. The van der Waals surface area contributed by atoms with Crippen LogP contribution in [0.4, 0.5) is 0 Å². The Hall–Kier alpha value is -2.27. The molecule has 1 atom stereocenters. The van der Waals surface area contributed by atoms with E-state index in [0.717, 1.165) is 0 Å². The van der Waals surface area contributed by atoms with Gasteiger partial charge in [0.1, 0.15) is 0 Å². The zero-order chi connectivity index (χ0) is 17.7. The number of esters is 1. The second kappa shape index (κ2) is 7.53. The van der Waals surface area contributed by atoms with Gasteiger partial charge in [-0.15, -0.1) is 0 Å². The molecule has 0 bridgehead atoms. The van der Waals surface area contributed by atoms with Crippen LogP contribution in [0.2, 0.25) is 0 Å². The molecule has 0 spiro atoms. The molecular formula is C17H17O6P. The van der Waals surface area contributed by atoms with E-state index in [2.05, 4.69) is 4.74 Å². The highest BCUT2D eigenvalue weighted by Crippen LogP contribution is 2.40. The van der Waals surface area contributed by atoms with E-state index in [4.69, 9.17) is 4.52 Å². The van der Waals surface area contributed by atoms with E-state index in [1.807, 2.05) is 0 Å². The molecule has 0 radical (unpaired) electrons. The van der Waals surface area contributed by atoms with Gasteiger partial charge in [-0.2, -0.15) is 0 Å². The molecule has 126 valence electrons. The summed E-state index contributed by atoms with van der Waals surface area (Å²) in [5.74, 6) is -0.741. The van der Waals surface area contributed by atoms with Gasteiger partial charge in [-0.05, 0) is 31.2 Å². The molecular weight excluding hydrogens is 331 g/mol. The Morgan fingerprint density at radius 1 is 0.958 bits per heavy atom. The topological polar surface area (TPSA) is 89.9 Å². The van der Waals surface area contributed by atoms with E-state index in [-0.39, 0.29) is 17.7 Å². The molecule has 0 saturated heterocycles. The van der Waals surface area contributed by atoms with Crippen molar-refractivity contribution >= 4 is 24.7 Å². The van der Waals surface area contributed by atoms with Crippen molar-refractivity contribution in [1.29, 1.82) is 0 Å². The van der Waals surface area contributed by atoms with Gasteiger partial charge in [-0.25, -0.2) is 4.79 Å². The van der Waals surface area contributed by atoms with Crippen molar-refractivity contribution in [2.75, 3.05) is 13.7 Å². The lowest BCUT2D eigenvalue weighted by Gasteiger charge is -2.11. The van der Waals surface area contributed by atoms with Gasteiger partial charge in [0.2, 0.25) is 0 Å². The highest BCUT2D eigenvalue weighted by Gasteiger charge is 2.22. The third kappa shape index (κ3) is 3.97. The van der Waals surface area contributed by atoms with Gasteiger partial charge in [-0.3, -0.25) is 9.36 Å². The second-order valence-electron chi connectivity index (χ2n) is 4.88. The van der Waals surface area contributed by atoms with Crippen molar-refractivity contribution in [3.63, 3.8) is 0 Å². The Morgan fingerprint density at radius 2 is 1.42 bits per heavy atom. The number of carbonyl (C=O) groups excluding carboxylic acids is 2. The summed E-state index contributed by atoms with van der Waals surface area (Å²) in [6, 6.07) is 11.8. The molecule has 1 unspecified atom stereocenters. The highest BCUT2D eigenvalue weighted by atomic mass is 31.2. The van der Waals surface area contributed by atoms with Crippen molar-refractivity contribution < 1.29 is 28.3 Å². The molecule has 0 fully saturated rings. The molecule has 6 nitrogen and oxygen atoms in total. The minimum absolute atomic E-state index is 0.112. The maximum absolute atomic E-state index is 12.4. The van der Waals surface area contributed by atoms with Crippen molar-refractivity contribution in [3.8, 4) is 0 Å². The molecule has 7 heteroatoms. The van der Waals surface area contributed by atoms with Gasteiger partial charge >= 0.3 is 13.6 Å². The first-order chi connectivity index (χ1) is 11.4. The third-order valence-electron chi connectivity index (χ3n) is 3.33. The van der Waals surface area contributed by atoms with Gasteiger partial charge in [0.05, 0.1) is 24.6 Å².